The third-order valence-electron chi connectivity index (χ3n) is 1.68. The number of esters is 1. The van der Waals surface area contributed by atoms with Crippen molar-refractivity contribution in [3.8, 4) is 0 Å². The van der Waals surface area contributed by atoms with Crippen LogP contribution < -0.4 is 0 Å². The molecule has 0 radical (unpaired) electrons. The average molecular weight is 225 g/mol. The van der Waals surface area contributed by atoms with E-state index in [-0.39, 0.29) is 12.3 Å². The van der Waals surface area contributed by atoms with E-state index in [9.17, 15) is 14.9 Å². The van der Waals surface area contributed by atoms with Crippen molar-refractivity contribution in [2.75, 3.05) is 6.61 Å². The highest BCUT2D eigenvalue weighted by atomic mass is 16.6. The number of carbonyl (C=O) groups is 1. The molecule has 0 aliphatic carbocycles. The van der Waals surface area contributed by atoms with E-state index >= 15 is 0 Å². The van der Waals surface area contributed by atoms with E-state index in [2.05, 4.69) is 6.58 Å². The summed E-state index contributed by atoms with van der Waals surface area (Å²) in [5.74, 6) is -0.469. The molecule has 0 amide bonds. The van der Waals surface area contributed by atoms with Gasteiger partial charge in [0.2, 0.25) is 0 Å². The number of nitrogens with zero attached hydrogens (tertiary/aromatic N) is 1. The second-order valence-electron chi connectivity index (χ2n) is 2.96. The highest BCUT2D eigenvalue weighted by Crippen LogP contribution is 2.12. The predicted octanol–water partition coefficient (Wildman–Crippen LogP) is 2.23. The summed E-state index contributed by atoms with van der Waals surface area (Å²) in [7, 11) is 0. The van der Waals surface area contributed by atoms with Gasteiger partial charge in [-0.1, -0.05) is 25.7 Å². The second-order valence-corrected chi connectivity index (χ2v) is 2.96. The van der Waals surface area contributed by atoms with E-state index in [4.69, 9.17) is 4.74 Å². The van der Waals surface area contributed by atoms with Gasteiger partial charge in [-0.3, -0.25) is 14.9 Å². The van der Waals surface area contributed by atoms with Crippen LogP contribution in [0.5, 0.6) is 0 Å². The molecule has 0 aliphatic rings. The molecule has 5 heteroatoms. The van der Waals surface area contributed by atoms with Crippen molar-refractivity contribution in [3.63, 3.8) is 0 Å². The van der Waals surface area contributed by atoms with Crippen molar-refractivity contribution in [1.82, 2.24) is 0 Å². The molecule has 16 heavy (non-hydrogen) atoms. The molecule has 0 spiro atoms. The Balaban J connectivity index is 4.94. The van der Waals surface area contributed by atoms with Gasteiger partial charge in [-0.2, -0.15) is 0 Å². The second kappa shape index (κ2) is 7.39. The van der Waals surface area contributed by atoms with Crippen LogP contribution in [-0.4, -0.2) is 17.5 Å². The molecule has 0 aromatic rings. The summed E-state index contributed by atoms with van der Waals surface area (Å²) in [6, 6.07) is 0. The first-order chi connectivity index (χ1) is 7.52. The van der Waals surface area contributed by atoms with Gasteiger partial charge in [0.15, 0.2) is 0 Å². The number of allylic oxidation sites excluding steroid dienone is 3. The third-order valence-corrected chi connectivity index (χ3v) is 1.68. The van der Waals surface area contributed by atoms with Crippen molar-refractivity contribution in [2.24, 2.45) is 0 Å². The molecule has 0 aliphatic heterocycles. The largest absolute Gasteiger partial charge is 0.461 e. The Morgan fingerprint density at radius 2 is 2.19 bits per heavy atom. The summed E-state index contributed by atoms with van der Waals surface area (Å²) >= 11 is 0. The fourth-order valence-corrected chi connectivity index (χ4v) is 1.06. The van der Waals surface area contributed by atoms with Crippen molar-refractivity contribution in [2.45, 2.75) is 20.3 Å². The molecule has 0 N–H and O–H groups in total. The van der Waals surface area contributed by atoms with Crippen LogP contribution in [0.2, 0.25) is 0 Å². The highest BCUT2D eigenvalue weighted by Gasteiger charge is 2.16. The summed E-state index contributed by atoms with van der Waals surface area (Å²) < 4.78 is 4.75. The molecule has 0 aromatic heterocycles. The quantitative estimate of drug-likeness (QED) is 0.301. The van der Waals surface area contributed by atoms with E-state index in [0.717, 1.165) is 0 Å². The lowest BCUT2D eigenvalue weighted by Gasteiger charge is -2.04. The zero-order chi connectivity index (χ0) is 12.6. The van der Waals surface area contributed by atoms with Gasteiger partial charge >= 0.3 is 5.97 Å². The molecule has 0 fully saturated rings. The van der Waals surface area contributed by atoms with Crippen molar-refractivity contribution < 1.29 is 14.5 Å². The first-order valence-corrected chi connectivity index (χ1v) is 4.82. The molecule has 88 valence electrons. The fourth-order valence-electron chi connectivity index (χ4n) is 1.06. The molecular weight excluding hydrogens is 210 g/mol. The van der Waals surface area contributed by atoms with E-state index in [0.29, 0.717) is 12.0 Å². The Kier molecular flexibility index (Phi) is 6.51. The topological polar surface area (TPSA) is 69.4 Å². The Labute approximate surface area is 94.2 Å². The minimum absolute atomic E-state index is 0.0934. The molecular formula is C11H15NO4. The van der Waals surface area contributed by atoms with E-state index < -0.39 is 10.9 Å². The first-order valence-electron chi connectivity index (χ1n) is 4.82. The van der Waals surface area contributed by atoms with Crippen LogP contribution in [0.3, 0.4) is 0 Å². The Bertz CT molecular complexity index is 342. The van der Waals surface area contributed by atoms with Crippen LogP contribution in [0.25, 0.3) is 0 Å². The lowest BCUT2D eigenvalue weighted by molar-refractivity contribution is -0.421. The molecule has 0 atom stereocenters. The lowest BCUT2D eigenvalue weighted by Crippen LogP contribution is -2.10. The van der Waals surface area contributed by atoms with Gasteiger partial charge in [-0.05, 0) is 6.42 Å². The standard InChI is InChI=1S/C11H15NO4/c1-4-6-10(8-16-9(3)13)11(7-5-2)12(14)15/h5-7H,2,4,8H2,1,3H3/b10-6-,11-7+. The number of ether oxygens (including phenoxy) is 1. The van der Waals surface area contributed by atoms with Crippen molar-refractivity contribution in [1.29, 1.82) is 0 Å². The van der Waals surface area contributed by atoms with E-state index in [1.807, 2.05) is 6.92 Å². The summed E-state index contributed by atoms with van der Waals surface area (Å²) in [4.78, 5) is 20.9. The summed E-state index contributed by atoms with van der Waals surface area (Å²) in [5, 5.41) is 10.8. The van der Waals surface area contributed by atoms with Crippen LogP contribution in [0.1, 0.15) is 20.3 Å². The molecule has 5 nitrogen and oxygen atoms in total. The van der Waals surface area contributed by atoms with Gasteiger partial charge in [0.05, 0.1) is 10.5 Å². The maximum Gasteiger partial charge on any atom is 0.302 e. The normalized spacial score (nSPS) is 12.1. The maximum absolute atomic E-state index is 10.8. The zero-order valence-electron chi connectivity index (χ0n) is 9.43. The average Bonchev–Trinajstić information content (AvgIpc) is 2.20. The molecule has 0 bridgehead atoms. The minimum atomic E-state index is -0.521. The molecule has 0 unspecified atom stereocenters. The van der Waals surface area contributed by atoms with Crippen LogP contribution in [-0.2, 0) is 9.53 Å². The Morgan fingerprint density at radius 1 is 1.56 bits per heavy atom. The monoisotopic (exact) mass is 225 g/mol. The Hall–Kier alpha value is -1.91. The van der Waals surface area contributed by atoms with Crippen LogP contribution in [0, 0.1) is 10.1 Å². The number of hydrogen-bond acceptors (Lipinski definition) is 4. The first kappa shape index (κ1) is 14.1. The van der Waals surface area contributed by atoms with Crippen LogP contribution in [0.4, 0.5) is 0 Å². The maximum atomic E-state index is 10.8. The van der Waals surface area contributed by atoms with Gasteiger partial charge in [-0.15, -0.1) is 0 Å². The molecule has 0 rings (SSSR count). The van der Waals surface area contributed by atoms with Crippen LogP contribution >= 0.6 is 0 Å². The van der Waals surface area contributed by atoms with Crippen molar-refractivity contribution in [3.05, 3.63) is 46.2 Å². The molecule has 0 aromatic carbocycles. The number of rotatable bonds is 6. The van der Waals surface area contributed by atoms with Crippen LogP contribution in [0.15, 0.2) is 36.1 Å². The third kappa shape index (κ3) is 5.09. The SMILES string of the molecule is C=C/C=C(\C(=C/CC)COC(C)=O)[N+](=O)[O-]. The molecule has 0 saturated carbocycles. The lowest BCUT2D eigenvalue weighted by atomic mass is 10.1. The molecule has 0 heterocycles. The number of nitro groups is 1. The van der Waals surface area contributed by atoms with Gasteiger partial charge in [0, 0.05) is 13.0 Å². The fraction of sp³-hybridized carbons (Fsp3) is 0.364. The van der Waals surface area contributed by atoms with E-state index in [1.54, 1.807) is 6.08 Å². The van der Waals surface area contributed by atoms with Gasteiger partial charge in [0.1, 0.15) is 6.61 Å². The highest BCUT2D eigenvalue weighted by molar-refractivity contribution is 5.66. The smallest absolute Gasteiger partial charge is 0.302 e. The minimum Gasteiger partial charge on any atom is -0.461 e. The summed E-state index contributed by atoms with van der Waals surface area (Å²) in [6.07, 6.45) is 4.89. The van der Waals surface area contributed by atoms with Gasteiger partial charge in [0.25, 0.3) is 5.70 Å². The summed E-state index contributed by atoms with van der Waals surface area (Å²) in [5.41, 5.74) is 0.278. The van der Waals surface area contributed by atoms with Gasteiger partial charge < -0.3 is 4.74 Å². The Morgan fingerprint density at radius 3 is 2.56 bits per heavy atom. The number of hydrogen-bond donors (Lipinski definition) is 0. The molecule has 0 saturated heterocycles. The summed E-state index contributed by atoms with van der Waals surface area (Å²) in [6.45, 7) is 6.41. The number of carbonyl (C=O) groups excluding carboxylic acids is 1. The van der Waals surface area contributed by atoms with Crippen molar-refractivity contribution >= 4 is 5.97 Å². The zero-order valence-corrected chi connectivity index (χ0v) is 9.43. The van der Waals surface area contributed by atoms with E-state index in [1.165, 1.54) is 19.1 Å². The predicted molar refractivity (Wildman–Crippen MR) is 60.3 cm³/mol. The van der Waals surface area contributed by atoms with Gasteiger partial charge in [-0.25, -0.2) is 0 Å².